The zero-order valence-electron chi connectivity index (χ0n) is 71.0. The molecule has 0 bridgehead atoms. The summed E-state index contributed by atoms with van der Waals surface area (Å²) in [5, 5.41) is 17.4. The Kier molecular flexibility index (Phi) is 27.6. The minimum Gasteiger partial charge on any atom is -0.497 e. The number of halogens is 4. The molecule has 4 atom stereocenters. The molecular formula is C92H88F4N20O12. The first-order chi connectivity index (χ1) is 61.8. The molecule has 0 saturated carbocycles. The normalized spacial score (nSPS) is 15.3. The smallest absolute Gasteiger partial charge is 0.245 e. The number of methoxy groups -OCH3 is 8. The lowest BCUT2D eigenvalue weighted by atomic mass is 10.0. The van der Waals surface area contributed by atoms with E-state index in [0.29, 0.717) is 133 Å². The van der Waals surface area contributed by atoms with E-state index >= 15 is 0 Å². The fourth-order valence-electron chi connectivity index (χ4n) is 15.5. The third-order valence-corrected chi connectivity index (χ3v) is 22.0. The van der Waals surface area contributed by atoms with Gasteiger partial charge in [-0.15, -0.1) is 0 Å². The van der Waals surface area contributed by atoms with E-state index in [-0.39, 0.29) is 81.9 Å². The summed E-state index contributed by atoms with van der Waals surface area (Å²) in [6, 6.07) is 20.6. The summed E-state index contributed by atoms with van der Waals surface area (Å²) in [5.41, 5.74) is 32.9. The van der Waals surface area contributed by atoms with Crippen molar-refractivity contribution in [3.8, 4) is 93.4 Å². The molecule has 36 heteroatoms. The fraction of sp³-hybridized carbons (Fsp3) is 0.261. The number of rotatable bonds is 16. The Morgan fingerprint density at radius 3 is 0.773 bits per heavy atom. The number of hydrogen-bond acceptors (Lipinski definition) is 24. The van der Waals surface area contributed by atoms with Crippen LogP contribution in [0.3, 0.4) is 0 Å². The van der Waals surface area contributed by atoms with Crippen LogP contribution in [-0.4, -0.2) is 211 Å². The first kappa shape index (κ1) is 89.5. The van der Waals surface area contributed by atoms with Crippen molar-refractivity contribution in [3.63, 3.8) is 0 Å². The number of anilines is 4. The van der Waals surface area contributed by atoms with Gasteiger partial charge in [-0.1, -0.05) is 73.7 Å². The highest BCUT2D eigenvalue weighted by Crippen LogP contribution is 2.39. The Morgan fingerprint density at radius 1 is 0.336 bits per heavy atom. The van der Waals surface area contributed by atoms with Crippen LogP contribution in [0.25, 0.3) is 22.1 Å². The van der Waals surface area contributed by atoms with Gasteiger partial charge in [0.1, 0.15) is 81.5 Å². The van der Waals surface area contributed by atoms with Crippen LogP contribution < -0.4 is 60.8 Å². The molecule has 12 heterocycles. The molecule has 0 aliphatic carbocycles. The van der Waals surface area contributed by atoms with Crippen LogP contribution in [0, 0.1) is 70.6 Å². The maximum absolute atomic E-state index is 14.7. The van der Waals surface area contributed by atoms with Crippen molar-refractivity contribution >= 4 is 69.0 Å². The Bertz CT molecular complexity index is 6180. The van der Waals surface area contributed by atoms with Gasteiger partial charge in [-0.25, -0.2) is 55.6 Å². The third kappa shape index (κ3) is 18.7. The molecule has 32 nitrogen and oxygen atoms in total. The lowest BCUT2D eigenvalue weighted by molar-refractivity contribution is -0.125. The number of likely N-dealkylation sites (tertiary alicyclic amines) is 4. The van der Waals surface area contributed by atoms with Crippen molar-refractivity contribution in [2.24, 2.45) is 0 Å². The van der Waals surface area contributed by atoms with Crippen LogP contribution in [-0.2, 0) is 19.2 Å². The van der Waals surface area contributed by atoms with Crippen molar-refractivity contribution in [3.05, 3.63) is 239 Å². The highest BCUT2D eigenvalue weighted by atomic mass is 19.1. The topological polar surface area (TPSA) is 380 Å². The van der Waals surface area contributed by atoms with Gasteiger partial charge in [0.2, 0.25) is 23.6 Å². The summed E-state index contributed by atoms with van der Waals surface area (Å²) in [6.45, 7) is 18.9. The maximum atomic E-state index is 14.7. The Balaban J connectivity index is 0.000000146. The van der Waals surface area contributed by atoms with Crippen LogP contribution in [0.5, 0.6) is 46.0 Å². The molecule has 0 radical (unpaired) electrons. The molecule has 8 N–H and O–H groups in total. The van der Waals surface area contributed by atoms with Crippen LogP contribution in [0.2, 0.25) is 0 Å². The second-order valence-corrected chi connectivity index (χ2v) is 29.2. The van der Waals surface area contributed by atoms with Crippen LogP contribution in [0.1, 0.15) is 117 Å². The minimum absolute atomic E-state index is 0.0309. The number of ether oxygens (including phenoxy) is 8. The molecule has 128 heavy (non-hydrogen) atoms. The summed E-state index contributed by atoms with van der Waals surface area (Å²) in [7, 11) is 11.4. The Labute approximate surface area is 732 Å². The molecule has 16 rings (SSSR count). The number of fused-ring (bicyclic) bond motifs is 4. The Morgan fingerprint density at radius 2 is 0.562 bits per heavy atom. The molecule has 12 aromatic rings. The Hall–Kier alpha value is -16.2. The second-order valence-electron chi connectivity index (χ2n) is 29.2. The molecule has 4 fully saturated rings. The number of aromatic nitrogens is 12. The van der Waals surface area contributed by atoms with E-state index in [1.54, 1.807) is 90.4 Å². The minimum atomic E-state index is -0.939. The molecule has 4 aliphatic heterocycles. The van der Waals surface area contributed by atoms with E-state index in [1.807, 2.05) is 36.4 Å². The monoisotopic (exact) mass is 1740 g/mol. The van der Waals surface area contributed by atoms with Crippen LogP contribution >= 0.6 is 0 Å². The second kappa shape index (κ2) is 39.5. The molecule has 4 amide bonds. The number of nitrogens with zero attached hydrogens (tertiary/aromatic N) is 16. The standard InChI is InChI=1S/2C23H21F2N5O3.2C23H23N5O3/c2*1-4-19(31)29-8-7-14(11-29)16-9-13(22-23(26)27-12-28-30(16)22)5-6-15-20(24)17(32-2)10-18(33-3)21(15)25;2*1-4-21(29)27-8-7-17(13-27)20-11-16(22-23(24)25-14-26-28(20)22)6-5-15-9-18(30-2)12-19(10-15)31-3/h2*4,9-10,12,14H,1,7-8,11H2,2-3H3,(H2,26,27,28);2*4,9-12,14,17H,1,7-8,13H2,2-3H3,(H2,24,25,26)/t2*14-;2*17-/m1010/s1. The lowest BCUT2D eigenvalue weighted by Crippen LogP contribution is -2.26. The van der Waals surface area contributed by atoms with E-state index in [0.717, 1.165) is 70.0 Å². The molecule has 4 aliphatic rings. The van der Waals surface area contributed by atoms with E-state index in [4.69, 9.17) is 60.8 Å². The first-order valence-electron chi connectivity index (χ1n) is 39.7. The highest BCUT2D eigenvalue weighted by molar-refractivity contribution is 5.89. The zero-order chi connectivity index (χ0) is 91.3. The summed E-state index contributed by atoms with van der Waals surface area (Å²) in [6.07, 6.45) is 13.8. The number of hydrogen-bond donors (Lipinski definition) is 4. The molecular weight excluding hydrogens is 1650 g/mol. The van der Waals surface area contributed by atoms with Gasteiger partial charge in [-0.3, -0.25) is 19.2 Å². The SMILES string of the molecule is C=CC(=O)N1CC[C@@H](c2cc(C#Cc3c(F)c(OC)cc(OC)c3F)c3c(N)ncnn23)C1.C=CC(=O)N1CC[C@@H](c2cc(C#Cc3cc(OC)cc(OC)c3)c3c(N)ncnn23)C1.C=CC(=O)N1CC[C@H](c2cc(C#Cc3c(F)c(OC)cc(OC)c3F)c3c(N)ncnn23)C1.C=CC(=O)N1CC[C@H](c2cc(C#Cc3cc(OC)cc(OC)c3)c3c(N)ncnn23)C1. The van der Waals surface area contributed by atoms with Crippen molar-refractivity contribution < 1.29 is 74.6 Å². The fourth-order valence-corrected chi connectivity index (χ4v) is 15.5. The predicted octanol–water partition coefficient (Wildman–Crippen LogP) is 9.48. The highest BCUT2D eigenvalue weighted by Gasteiger charge is 2.35. The molecule has 656 valence electrons. The molecule has 4 saturated heterocycles. The number of nitrogens with two attached hydrogens (primary N) is 4. The summed E-state index contributed by atoms with van der Waals surface area (Å²) < 4.78 is 107. The zero-order valence-corrected chi connectivity index (χ0v) is 71.0. The first-order valence-corrected chi connectivity index (χ1v) is 39.7. The third-order valence-electron chi connectivity index (χ3n) is 22.0. The largest absolute Gasteiger partial charge is 0.497 e. The molecule has 4 aromatic carbocycles. The van der Waals surface area contributed by atoms with Crippen LogP contribution in [0.15, 0.2) is 149 Å². The summed E-state index contributed by atoms with van der Waals surface area (Å²) in [4.78, 5) is 71.2. The number of amides is 4. The average molecular weight is 1740 g/mol. The van der Waals surface area contributed by atoms with Gasteiger partial charge in [0.25, 0.3) is 0 Å². The number of nitrogen functional groups attached to an aromatic ring is 4. The van der Waals surface area contributed by atoms with Gasteiger partial charge >= 0.3 is 0 Å². The average Bonchev–Trinajstić information content (AvgIpc) is 1.63. The number of carbonyl (C=O) groups is 4. The van der Waals surface area contributed by atoms with Gasteiger partial charge in [0, 0.05) is 134 Å². The predicted molar refractivity (Wildman–Crippen MR) is 468 cm³/mol. The van der Waals surface area contributed by atoms with E-state index in [9.17, 15) is 36.7 Å². The lowest BCUT2D eigenvalue weighted by Gasteiger charge is -2.14. The van der Waals surface area contributed by atoms with Gasteiger partial charge < -0.3 is 80.4 Å². The molecule has 0 spiro atoms. The molecule has 0 unspecified atom stereocenters. The van der Waals surface area contributed by atoms with E-state index in [2.05, 4.69) is 114 Å². The van der Waals surface area contributed by atoms with Crippen molar-refractivity contribution in [1.82, 2.24) is 78.0 Å². The van der Waals surface area contributed by atoms with Gasteiger partial charge in [0.15, 0.2) is 69.5 Å². The quantitative estimate of drug-likeness (QED) is 0.0397. The van der Waals surface area contributed by atoms with E-state index < -0.39 is 34.4 Å². The van der Waals surface area contributed by atoms with E-state index in [1.165, 1.54) is 78.1 Å². The van der Waals surface area contributed by atoms with Crippen molar-refractivity contribution in [2.45, 2.75) is 49.4 Å². The molecule has 8 aromatic heterocycles. The van der Waals surface area contributed by atoms with Crippen molar-refractivity contribution in [1.29, 1.82) is 0 Å². The van der Waals surface area contributed by atoms with Gasteiger partial charge in [-0.2, -0.15) is 20.4 Å². The van der Waals surface area contributed by atoms with Crippen LogP contribution in [0.4, 0.5) is 40.8 Å². The number of benzene rings is 4. The summed E-state index contributed by atoms with van der Waals surface area (Å²) >= 11 is 0. The summed E-state index contributed by atoms with van der Waals surface area (Å²) in [5.74, 6) is 22.3. The number of carbonyl (C=O) groups excluding carboxylic acids is 4. The van der Waals surface area contributed by atoms with Gasteiger partial charge in [0.05, 0.1) is 79.1 Å². The maximum Gasteiger partial charge on any atom is 0.245 e. The van der Waals surface area contributed by atoms with Crippen molar-refractivity contribution in [2.75, 3.05) is 132 Å². The van der Waals surface area contributed by atoms with Gasteiger partial charge in [-0.05, 0) is 98.5 Å².